The Labute approximate surface area is 229 Å². The molecule has 4 aromatic carbocycles. The van der Waals surface area contributed by atoms with Gasteiger partial charge in [-0.1, -0.05) is 30.3 Å². The third-order valence-electron chi connectivity index (χ3n) is 6.40. The van der Waals surface area contributed by atoms with Crippen LogP contribution in [-0.4, -0.2) is 6.28 Å². The van der Waals surface area contributed by atoms with Gasteiger partial charge < -0.3 is 4.76 Å². The molecular formula is C26H7BF15N. The fourth-order valence-corrected chi connectivity index (χ4v) is 4.46. The maximum atomic E-state index is 15.3. The maximum absolute atomic E-state index is 15.3. The second kappa shape index (κ2) is 11.2. The minimum absolute atomic E-state index is 0.0446. The first-order valence-corrected chi connectivity index (χ1v) is 11.3. The molecule has 0 aliphatic heterocycles. The molecule has 0 bridgehead atoms. The van der Waals surface area contributed by atoms with E-state index in [0.29, 0.717) is 0 Å². The molecule has 0 atom stereocenters. The maximum Gasteiger partial charge on any atom is 0.496 e. The summed E-state index contributed by atoms with van der Waals surface area (Å²) in [4.78, 5) is 0. The largest absolute Gasteiger partial charge is 0.496 e. The number of nitrogens with zero attached hydrogens (tertiary/aromatic N) is 1. The first-order chi connectivity index (χ1) is 20.1. The van der Waals surface area contributed by atoms with Gasteiger partial charge >= 0.3 is 6.28 Å². The van der Waals surface area contributed by atoms with E-state index < -0.39 is 116 Å². The summed E-state index contributed by atoms with van der Waals surface area (Å²) in [5.41, 5.74) is -8.40. The number of hydrogen-bond acceptors (Lipinski definition) is 0. The van der Waals surface area contributed by atoms with E-state index >= 15 is 26.3 Å². The molecule has 224 valence electrons. The first-order valence-electron chi connectivity index (χ1n) is 11.3. The van der Waals surface area contributed by atoms with Crippen molar-refractivity contribution >= 4 is 22.7 Å². The summed E-state index contributed by atoms with van der Waals surface area (Å²) in [5.74, 6) is -46.4. The molecule has 0 aliphatic carbocycles. The zero-order valence-electron chi connectivity index (χ0n) is 20.3. The summed E-state index contributed by atoms with van der Waals surface area (Å²) in [6.45, 7) is 0. The Kier molecular flexibility index (Phi) is 8.18. The predicted octanol–water partition coefficient (Wildman–Crippen LogP) is 6.32. The Balaban J connectivity index is 2.42. The molecule has 0 radical (unpaired) electrons. The molecule has 0 aliphatic rings. The fourth-order valence-electron chi connectivity index (χ4n) is 4.46. The van der Waals surface area contributed by atoms with Gasteiger partial charge in [-0.05, 0) is 22.0 Å². The lowest BCUT2D eigenvalue weighted by Crippen LogP contribution is -2.71. The Morgan fingerprint density at radius 2 is 0.651 bits per heavy atom. The molecule has 0 aromatic heterocycles. The summed E-state index contributed by atoms with van der Waals surface area (Å²) >= 11 is 0. The van der Waals surface area contributed by atoms with Gasteiger partial charge in [0.2, 0.25) is 6.07 Å². The van der Waals surface area contributed by atoms with Gasteiger partial charge in [0.05, 0.1) is 6.42 Å². The van der Waals surface area contributed by atoms with Crippen molar-refractivity contribution in [1.82, 2.24) is 0 Å². The van der Waals surface area contributed by atoms with E-state index in [2.05, 4.69) is 4.76 Å². The minimum Gasteiger partial charge on any atom is -0.333 e. The summed E-state index contributed by atoms with van der Waals surface area (Å²) in [6, 6.07) is 8.23. The third-order valence-corrected chi connectivity index (χ3v) is 6.40. The van der Waals surface area contributed by atoms with Crippen molar-refractivity contribution in [3.05, 3.63) is 128 Å². The second-order valence-corrected chi connectivity index (χ2v) is 8.72. The van der Waals surface area contributed by atoms with Gasteiger partial charge in [0.15, 0.2) is 52.4 Å². The summed E-state index contributed by atoms with van der Waals surface area (Å²) < 4.78 is 223. The van der Waals surface area contributed by atoms with Crippen LogP contribution < -0.4 is 16.4 Å². The zero-order valence-corrected chi connectivity index (χ0v) is 20.3. The molecule has 0 heterocycles. The molecular weight excluding hydrogens is 622 g/mol. The number of halogens is 15. The molecule has 0 saturated carbocycles. The highest BCUT2D eigenvalue weighted by atomic mass is 19.2. The van der Waals surface area contributed by atoms with Gasteiger partial charge in [-0.2, -0.15) is 0 Å². The Morgan fingerprint density at radius 3 is 0.930 bits per heavy atom. The van der Waals surface area contributed by atoms with Crippen LogP contribution in [0.15, 0.2) is 30.3 Å². The molecule has 4 rings (SSSR count). The van der Waals surface area contributed by atoms with E-state index in [9.17, 15) is 39.5 Å². The molecule has 0 unspecified atom stereocenters. The van der Waals surface area contributed by atoms with E-state index in [1.807, 2.05) is 0 Å². The molecule has 0 saturated heterocycles. The molecule has 43 heavy (non-hydrogen) atoms. The Morgan fingerprint density at radius 1 is 0.395 bits per heavy atom. The third kappa shape index (κ3) is 4.65. The summed E-state index contributed by atoms with van der Waals surface area (Å²) in [5, 5.41) is 0. The van der Waals surface area contributed by atoms with Gasteiger partial charge in [-0.3, -0.25) is 0 Å². The molecule has 1 nitrogen and oxygen atoms in total. The highest BCUT2D eigenvalue weighted by Crippen LogP contribution is 2.28. The normalized spacial score (nSPS) is 11.5. The lowest BCUT2D eigenvalue weighted by Gasteiger charge is -2.29. The van der Waals surface area contributed by atoms with Crippen LogP contribution in [0.5, 0.6) is 0 Å². The number of benzene rings is 4. The molecule has 0 fully saturated rings. The highest BCUT2D eigenvalue weighted by Gasteiger charge is 2.59. The molecule has 0 amide bonds. The first kappa shape index (κ1) is 31.3. The van der Waals surface area contributed by atoms with Crippen LogP contribution >= 0.6 is 0 Å². The van der Waals surface area contributed by atoms with Crippen molar-refractivity contribution in [2.75, 3.05) is 0 Å². The van der Waals surface area contributed by atoms with Crippen molar-refractivity contribution in [1.29, 1.82) is 0 Å². The van der Waals surface area contributed by atoms with Crippen LogP contribution in [0.4, 0.5) is 65.9 Å². The average molecular weight is 629 g/mol. The van der Waals surface area contributed by atoms with Crippen LogP contribution in [0.25, 0.3) is 4.76 Å². The topological polar surface area (TPSA) is 4.36 Å². The van der Waals surface area contributed by atoms with Gasteiger partial charge in [0.1, 0.15) is 34.9 Å². The van der Waals surface area contributed by atoms with Crippen LogP contribution in [-0.2, 0) is 6.42 Å². The van der Waals surface area contributed by atoms with E-state index in [-0.39, 0.29) is 5.56 Å². The van der Waals surface area contributed by atoms with Crippen LogP contribution in [0.1, 0.15) is 5.56 Å². The lowest BCUT2D eigenvalue weighted by molar-refractivity contribution is 0.380. The summed E-state index contributed by atoms with van der Waals surface area (Å²) in [7, 11) is 0. The van der Waals surface area contributed by atoms with Crippen molar-refractivity contribution < 1.29 is 65.9 Å². The molecule has 0 N–H and O–H groups in total. The van der Waals surface area contributed by atoms with E-state index in [0.717, 1.165) is 0 Å². The molecule has 17 heteroatoms. The fraction of sp³-hybridized carbons (Fsp3) is 0.0385. The Bertz CT molecular complexity index is 1610. The van der Waals surface area contributed by atoms with E-state index in [4.69, 9.17) is 0 Å². The summed E-state index contributed by atoms with van der Waals surface area (Å²) in [6.07, 6.45) is -6.84. The van der Waals surface area contributed by atoms with Crippen LogP contribution in [0, 0.1) is 93.3 Å². The molecule has 4 aromatic rings. The SMILES string of the molecule is Fc1c(F)c(F)c([B-]([N+]#CCc2ccccc2)(c2c(F)c(F)c(F)c(F)c2F)c2c(F)c(F)c(F)c(F)c2F)c(F)c1F. The van der Waals surface area contributed by atoms with Crippen molar-refractivity contribution in [3.8, 4) is 6.07 Å². The zero-order chi connectivity index (χ0) is 32.1. The van der Waals surface area contributed by atoms with Gasteiger partial charge in [-0.25, -0.2) is 65.9 Å². The highest BCUT2D eigenvalue weighted by molar-refractivity contribution is 7.14. The van der Waals surface area contributed by atoms with Crippen LogP contribution in [0.3, 0.4) is 0 Å². The monoisotopic (exact) mass is 629 g/mol. The van der Waals surface area contributed by atoms with Gasteiger partial charge in [-0.15, -0.1) is 0 Å². The molecule has 0 spiro atoms. The van der Waals surface area contributed by atoms with Gasteiger partial charge in [0.25, 0.3) is 0 Å². The van der Waals surface area contributed by atoms with E-state index in [1.54, 1.807) is 6.07 Å². The van der Waals surface area contributed by atoms with Crippen LogP contribution in [0.2, 0.25) is 0 Å². The Hall–Kier alpha value is -4.62. The van der Waals surface area contributed by atoms with Gasteiger partial charge in [0, 0.05) is 0 Å². The van der Waals surface area contributed by atoms with E-state index in [1.165, 1.54) is 30.3 Å². The smallest absolute Gasteiger partial charge is 0.333 e. The standard InChI is InChI=1S/C26H7BF15N/c28-12-9(13(29)19(35)24(40)18(12)34)27(43-7-6-8-4-2-1-3-5-8,10-14(30)20(36)25(41)21(37)15(10)31)11-16(32)22(38)26(42)23(39)17(11)33/h1-5H,6H2. The van der Waals surface area contributed by atoms with Crippen molar-refractivity contribution in [2.45, 2.75) is 6.42 Å². The second-order valence-electron chi connectivity index (χ2n) is 8.72. The number of hydrogen-bond donors (Lipinski definition) is 0. The quantitative estimate of drug-likeness (QED) is 0.108. The van der Waals surface area contributed by atoms with Crippen molar-refractivity contribution in [3.63, 3.8) is 0 Å². The lowest BCUT2D eigenvalue weighted by atomic mass is 9.24. The average Bonchev–Trinajstić information content (AvgIpc) is 2.99. The number of rotatable bonds is 4. The predicted molar refractivity (Wildman–Crippen MR) is 121 cm³/mol. The van der Waals surface area contributed by atoms with Crippen molar-refractivity contribution in [2.24, 2.45) is 0 Å². The minimum atomic E-state index is -6.00.